The van der Waals surface area contributed by atoms with Crippen molar-refractivity contribution in [2.45, 2.75) is 6.92 Å². The third-order valence-electron chi connectivity index (χ3n) is 2.92. The second kappa shape index (κ2) is 7.33. The zero-order chi connectivity index (χ0) is 16.7. The molecule has 110 valence electrons. The summed E-state index contributed by atoms with van der Waals surface area (Å²) in [4.78, 5) is 5.92. The molecule has 0 saturated carbocycles. The summed E-state index contributed by atoms with van der Waals surface area (Å²) in [7, 11) is 0. The van der Waals surface area contributed by atoms with Crippen LogP contribution in [-0.4, -0.2) is 0 Å². The van der Waals surface area contributed by atoms with Gasteiger partial charge in [-0.3, -0.25) is 0 Å². The Hall–Kier alpha value is -3.73. The number of hydrogen-bond acceptors (Lipinski definition) is 3. The summed E-state index contributed by atoms with van der Waals surface area (Å²) in [6.45, 7) is 8.77. The first-order valence-corrected chi connectivity index (χ1v) is 6.59. The first-order valence-electron chi connectivity index (χ1n) is 6.59. The van der Waals surface area contributed by atoms with Gasteiger partial charge in [0.05, 0.1) is 12.6 Å². The summed E-state index contributed by atoms with van der Waals surface area (Å²) in [6.07, 6.45) is 6.88. The minimum Gasteiger partial charge on any atom is -0.462 e. The number of benzene rings is 1. The summed E-state index contributed by atoms with van der Waals surface area (Å²) in [5.74, 6) is 1.15. The second-order valence-electron chi connectivity index (χ2n) is 4.55. The Morgan fingerprint density at radius 3 is 2.65 bits per heavy atom. The minimum absolute atomic E-state index is 0.0252. The van der Waals surface area contributed by atoms with E-state index in [4.69, 9.17) is 22.1 Å². The van der Waals surface area contributed by atoms with Crippen LogP contribution in [-0.2, 0) is 4.74 Å². The van der Waals surface area contributed by atoms with E-state index >= 15 is 0 Å². The smallest absolute Gasteiger partial charge is 0.269 e. The van der Waals surface area contributed by atoms with Crippen LogP contribution in [0.1, 0.15) is 12.5 Å². The van der Waals surface area contributed by atoms with E-state index in [2.05, 4.69) is 14.9 Å². The number of ether oxygens (including phenoxy) is 1. The van der Waals surface area contributed by atoms with E-state index in [0.717, 1.165) is 5.56 Å². The zero-order valence-electron chi connectivity index (χ0n) is 12.3. The average Bonchev–Trinajstić information content (AvgIpc) is 2.55. The lowest BCUT2D eigenvalue weighted by Gasteiger charge is -2.13. The Kier molecular flexibility index (Phi) is 4.99. The van der Waals surface area contributed by atoms with Crippen molar-refractivity contribution in [3.05, 3.63) is 92.7 Å². The van der Waals surface area contributed by atoms with Gasteiger partial charge < -0.3 is 4.74 Å². The van der Waals surface area contributed by atoms with Crippen LogP contribution in [0, 0.1) is 17.9 Å². The molecule has 0 bridgehead atoms. The van der Waals surface area contributed by atoms with E-state index in [-0.39, 0.29) is 5.70 Å². The van der Waals surface area contributed by atoms with Gasteiger partial charge in [0.2, 0.25) is 0 Å². The number of nitrogens with zero attached hydrogens (tertiary/aromatic N) is 5. The molecule has 0 aromatic heterocycles. The van der Waals surface area contributed by atoms with E-state index < -0.39 is 0 Å². The zero-order valence-corrected chi connectivity index (χ0v) is 12.3. The Bertz CT molecular complexity index is 851. The van der Waals surface area contributed by atoms with Gasteiger partial charge in [-0.05, 0) is 41.8 Å². The molecular formula is C17H11N5O. The highest BCUT2D eigenvalue weighted by Crippen LogP contribution is 2.23. The van der Waals surface area contributed by atoms with Gasteiger partial charge in [0, 0.05) is 10.6 Å². The molecular weight excluding hydrogens is 290 g/mol. The monoisotopic (exact) mass is 301 g/mol. The third-order valence-corrected chi connectivity index (χ3v) is 2.92. The van der Waals surface area contributed by atoms with Crippen molar-refractivity contribution in [3.8, 4) is 6.07 Å². The molecule has 0 fully saturated rings. The van der Waals surface area contributed by atoms with Crippen LogP contribution in [0.3, 0.4) is 0 Å². The van der Waals surface area contributed by atoms with Crippen molar-refractivity contribution in [1.82, 2.24) is 0 Å². The van der Waals surface area contributed by atoms with Crippen LogP contribution in [0.5, 0.6) is 0 Å². The average molecular weight is 301 g/mol. The van der Waals surface area contributed by atoms with Crippen molar-refractivity contribution >= 4 is 11.8 Å². The summed E-state index contributed by atoms with van der Waals surface area (Å²) in [5, 5.41) is 12.5. The highest BCUT2D eigenvalue weighted by molar-refractivity contribution is 5.57. The lowest BCUT2D eigenvalue weighted by atomic mass is 10.1. The Balaban J connectivity index is 2.26. The van der Waals surface area contributed by atoms with Crippen molar-refractivity contribution in [2.24, 2.45) is 5.11 Å². The quantitative estimate of drug-likeness (QED) is 0.254. The summed E-state index contributed by atoms with van der Waals surface area (Å²) < 4.78 is 5.56. The van der Waals surface area contributed by atoms with Gasteiger partial charge in [0.15, 0.2) is 0 Å². The molecule has 0 aliphatic carbocycles. The summed E-state index contributed by atoms with van der Waals surface area (Å²) in [6, 6.07) is 8.90. The van der Waals surface area contributed by atoms with Gasteiger partial charge in [0.25, 0.3) is 5.70 Å². The fraction of sp³-hybridized carbons (Fsp3) is 0.0588. The molecule has 6 heteroatoms. The Morgan fingerprint density at radius 2 is 2.04 bits per heavy atom. The van der Waals surface area contributed by atoms with E-state index in [1.807, 2.05) is 24.3 Å². The van der Waals surface area contributed by atoms with E-state index in [0.29, 0.717) is 22.8 Å². The molecule has 0 amide bonds. The number of rotatable bonds is 3. The van der Waals surface area contributed by atoms with Crippen LogP contribution in [0.2, 0.25) is 0 Å². The molecule has 6 nitrogen and oxygen atoms in total. The standard InChI is InChI=1S/C17H11N5O/c1-12-9-14(17(11-18)20-2)10-16(23-12)8-5-13-3-6-15(7-4-13)21-22-19/h3-10H,1H3/b8-5+,17-14+. The highest BCUT2D eigenvalue weighted by Gasteiger charge is 2.10. The lowest BCUT2D eigenvalue weighted by Crippen LogP contribution is -1.96. The van der Waals surface area contributed by atoms with Gasteiger partial charge in [-0.15, -0.1) is 0 Å². The third kappa shape index (κ3) is 4.12. The number of allylic oxidation sites excluding steroid dienone is 6. The molecule has 1 aliphatic rings. The molecule has 0 saturated heterocycles. The molecule has 0 atom stereocenters. The minimum atomic E-state index is 0.0252. The maximum atomic E-state index is 8.96. The van der Waals surface area contributed by atoms with E-state index in [1.165, 1.54) is 0 Å². The fourth-order valence-corrected chi connectivity index (χ4v) is 1.91. The van der Waals surface area contributed by atoms with Gasteiger partial charge in [-0.25, -0.2) is 10.1 Å². The molecule has 0 N–H and O–H groups in total. The molecule has 0 unspecified atom stereocenters. The molecule has 0 radical (unpaired) electrons. The van der Waals surface area contributed by atoms with Crippen LogP contribution in [0.4, 0.5) is 5.69 Å². The van der Waals surface area contributed by atoms with Gasteiger partial charge in [-0.1, -0.05) is 35.5 Å². The molecule has 0 spiro atoms. The number of hydrogen-bond donors (Lipinski definition) is 0. The molecule has 1 aromatic carbocycles. The van der Waals surface area contributed by atoms with Crippen molar-refractivity contribution in [3.63, 3.8) is 0 Å². The van der Waals surface area contributed by atoms with Crippen LogP contribution < -0.4 is 0 Å². The molecule has 1 aromatic rings. The van der Waals surface area contributed by atoms with E-state index in [9.17, 15) is 0 Å². The van der Waals surface area contributed by atoms with Gasteiger partial charge in [0.1, 0.15) is 11.5 Å². The first-order chi connectivity index (χ1) is 11.2. The normalized spacial score (nSPS) is 15.4. The van der Waals surface area contributed by atoms with Gasteiger partial charge in [-0.2, -0.15) is 0 Å². The van der Waals surface area contributed by atoms with Crippen molar-refractivity contribution in [2.75, 3.05) is 0 Å². The summed E-state index contributed by atoms with van der Waals surface area (Å²) >= 11 is 0. The summed E-state index contributed by atoms with van der Waals surface area (Å²) in [5.41, 5.74) is 10.4. The maximum Gasteiger partial charge on any atom is 0.269 e. The molecule has 1 heterocycles. The number of nitriles is 1. The lowest BCUT2D eigenvalue weighted by molar-refractivity contribution is 0.318. The van der Waals surface area contributed by atoms with Crippen LogP contribution in [0.15, 0.2) is 70.4 Å². The van der Waals surface area contributed by atoms with E-state index in [1.54, 1.807) is 37.3 Å². The molecule has 1 aliphatic heterocycles. The topological polar surface area (TPSA) is 86.1 Å². The van der Waals surface area contributed by atoms with Crippen LogP contribution in [0.25, 0.3) is 21.4 Å². The maximum absolute atomic E-state index is 8.96. The fourth-order valence-electron chi connectivity index (χ4n) is 1.91. The van der Waals surface area contributed by atoms with Crippen LogP contribution >= 0.6 is 0 Å². The van der Waals surface area contributed by atoms with Crippen molar-refractivity contribution in [1.29, 1.82) is 5.26 Å². The van der Waals surface area contributed by atoms with Crippen molar-refractivity contribution < 1.29 is 4.74 Å². The molecule has 23 heavy (non-hydrogen) atoms. The SMILES string of the molecule is [C-]#[N+]/C(C#N)=C1\C=C(C)OC(/C=C/c2ccc(N=[N+]=[N-])cc2)=C1. The Morgan fingerprint density at radius 1 is 1.30 bits per heavy atom. The first kappa shape index (κ1) is 15.7. The van der Waals surface area contributed by atoms with Gasteiger partial charge >= 0.3 is 0 Å². The predicted octanol–water partition coefficient (Wildman–Crippen LogP) is 5.16. The number of azide groups is 1. The highest BCUT2D eigenvalue weighted by atomic mass is 16.5. The second-order valence-corrected chi connectivity index (χ2v) is 4.55. The molecule has 2 rings (SSSR count). The largest absolute Gasteiger partial charge is 0.462 e. The Labute approximate surface area is 133 Å². The predicted molar refractivity (Wildman–Crippen MR) is 86.4 cm³/mol.